The molecule has 0 spiro atoms. The summed E-state index contributed by atoms with van der Waals surface area (Å²) in [7, 11) is 0. The van der Waals surface area contributed by atoms with Crippen molar-refractivity contribution in [3.8, 4) is 11.5 Å². The van der Waals surface area contributed by atoms with Crippen LogP contribution >= 0.6 is 0 Å². The fourth-order valence-corrected chi connectivity index (χ4v) is 1.99. The molecule has 0 radical (unpaired) electrons. The maximum absolute atomic E-state index is 5.65. The molecule has 0 aromatic heterocycles. The van der Waals surface area contributed by atoms with Gasteiger partial charge in [0.25, 0.3) is 0 Å². The first kappa shape index (κ1) is 12.2. The van der Waals surface area contributed by atoms with Gasteiger partial charge in [0.2, 0.25) is 0 Å². The lowest BCUT2D eigenvalue weighted by molar-refractivity contribution is 0.311. The van der Waals surface area contributed by atoms with E-state index >= 15 is 0 Å². The van der Waals surface area contributed by atoms with Gasteiger partial charge in [0, 0.05) is 5.56 Å². The van der Waals surface area contributed by atoms with E-state index in [1.165, 1.54) is 5.56 Å². The van der Waals surface area contributed by atoms with E-state index in [0.717, 1.165) is 44.1 Å². The van der Waals surface area contributed by atoms with Crippen LogP contribution in [0.2, 0.25) is 0 Å². The third-order valence-corrected chi connectivity index (χ3v) is 2.88. The van der Waals surface area contributed by atoms with Crippen molar-refractivity contribution in [2.45, 2.75) is 32.7 Å². The smallest absolute Gasteiger partial charge is 0.124 e. The Morgan fingerprint density at radius 2 is 2.24 bits per heavy atom. The van der Waals surface area contributed by atoms with Crippen molar-refractivity contribution in [2.24, 2.45) is 0 Å². The van der Waals surface area contributed by atoms with Gasteiger partial charge >= 0.3 is 0 Å². The molecule has 2 rings (SSSR count). The molecule has 0 saturated heterocycles. The second-order valence-corrected chi connectivity index (χ2v) is 4.37. The number of hydrogen-bond donors (Lipinski definition) is 1. The Morgan fingerprint density at radius 1 is 1.35 bits per heavy atom. The average molecular weight is 235 g/mol. The van der Waals surface area contributed by atoms with E-state index in [1.54, 1.807) is 0 Å². The van der Waals surface area contributed by atoms with Crippen molar-refractivity contribution >= 4 is 0 Å². The molecule has 1 heterocycles. The molecule has 1 atom stereocenters. The summed E-state index contributed by atoms with van der Waals surface area (Å²) >= 11 is 0. The summed E-state index contributed by atoms with van der Waals surface area (Å²) in [4.78, 5) is 0. The van der Waals surface area contributed by atoms with Crippen LogP contribution in [0.15, 0.2) is 18.2 Å². The van der Waals surface area contributed by atoms with E-state index in [4.69, 9.17) is 9.47 Å². The van der Waals surface area contributed by atoms with Crippen LogP contribution in [0.5, 0.6) is 11.5 Å². The second kappa shape index (κ2) is 5.92. The summed E-state index contributed by atoms with van der Waals surface area (Å²) in [5.41, 5.74) is 1.23. The number of rotatable bonds is 6. The molecule has 1 unspecified atom stereocenters. The van der Waals surface area contributed by atoms with Gasteiger partial charge in [0.1, 0.15) is 18.1 Å². The Hall–Kier alpha value is -1.22. The molecule has 3 nitrogen and oxygen atoms in total. The first-order valence-electron chi connectivity index (χ1n) is 6.48. The predicted molar refractivity (Wildman–Crippen MR) is 68.8 cm³/mol. The number of ether oxygens (including phenoxy) is 2. The van der Waals surface area contributed by atoms with E-state index in [-0.39, 0.29) is 0 Å². The predicted octanol–water partition coefficient (Wildman–Crippen LogP) is 2.91. The highest BCUT2D eigenvalue weighted by Gasteiger charge is 2.23. The summed E-state index contributed by atoms with van der Waals surface area (Å²) in [6.07, 6.45) is 2.17. The highest BCUT2D eigenvalue weighted by molar-refractivity contribution is 5.44. The summed E-state index contributed by atoms with van der Waals surface area (Å²) < 4.78 is 11.3. The quantitative estimate of drug-likeness (QED) is 0.822. The zero-order valence-electron chi connectivity index (χ0n) is 10.7. The van der Waals surface area contributed by atoms with Crippen LogP contribution in [0.25, 0.3) is 0 Å². The summed E-state index contributed by atoms with van der Waals surface area (Å²) in [6, 6.07) is 6.41. The van der Waals surface area contributed by atoms with Gasteiger partial charge in [-0.05, 0) is 37.6 Å². The third kappa shape index (κ3) is 2.91. The van der Waals surface area contributed by atoms with Crippen molar-refractivity contribution in [1.29, 1.82) is 0 Å². The first-order chi connectivity index (χ1) is 8.35. The molecule has 0 aliphatic carbocycles. The largest absolute Gasteiger partial charge is 0.494 e. The van der Waals surface area contributed by atoms with Crippen molar-refractivity contribution in [1.82, 2.24) is 5.32 Å². The van der Waals surface area contributed by atoms with Crippen molar-refractivity contribution < 1.29 is 9.47 Å². The molecule has 1 aromatic carbocycles. The maximum Gasteiger partial charge on any atom is 0.124 e. The monoisotopic (exact) mass is 235 g/mol. The topological polar surface area (TPSA) is 30.5 Å². The molecule has 94 valence electrons. The average Bonchev–Trinajstić information content (AvgIpc) is 2.76. The minimum absolute atomic E-state index is 0.315. The van der Waals surface area contributed by atoms with Crippen LogP contribution in [0, 0.1) is 0 Å². The van der Waals surface area contributed by atoms with Gasteiger partial charge in [-0.2, -0.15) is 0 Å². The highest BCUT2D eigenvalue weighted by atomic mass is 16.5. The van der Waals surface area contributed by atoms with Gasteiger partial charge in [-0.15, -0.1) is 0 Å². The number of fused-ring (bicyclic) bond motifs is 1. The number of nitrogens with one attached hydrogen (secondary N) is 1. The SMILES string of the molecule is CCCNC1COc2ccc(OCCC)cc21. The molecule has 0 fully saturated rings. The summed E-state index contributed by atoms with van der Waals surface area (Å²) in [6.45, 7) is 6.80. The van der Waals surface area contributed by atoms with Gasteiger partial charge in [-0.3, -0.25) is 0 Å². The van der Waals surface area contributed by atoms with Crippen LogP contribution in [0.4, 0.5) is 0 Å². The van der Waals surface area contributed by atoms with Crippen LogP contribution < -0.4 is 14.8 Å². The van der Waals surface area contributed by atoms with E-state index in [1.807, 2.05) is 12.1 Å². The lowest BCUT2D eigenvalue weighted by Gasteiger charge is -2.11. The van der Waals surface area contributed by atoms with E-state index in [0.29, 0.717) is 6.04 Å². The molecular weight excluding hydrogens is 214 g/mol. The number of hydrogen-bond acceptors (Lipinski definition) is 3. The van der Waals surface area contributed by atoms with Crippen LogP contribution in [-0.4, -0.2) is 19.8 Å². The summed E-state index contributed by atoms with van der Waals surface area (Å²) in [5.74, 6) is 1.93. The van der Waals surface area contributed by atoms with Crippen molar-refractivity contribution in [3.63, 3.8) is 0 Å². The lowest BCUT2D eigenvalue weighted by Crippen LogP contribution is -2.23. The van der Waals surface area contributed by atoms with E-state index < -0.39 is 0 Å². The molecule has 1 aliphatic rings. The van der Waals surface area contributed by atoms with Crippen molar-refractivity contribution in [3.05, 3.63) is 23.8 Å². The standard InChI is InChI=1S/C14H21NO2/c1-3-7-15-13-10-17-14-6-5-11(9-12(13)14)16-8-4-2/h5-6,9,13,15H,3-4,7-8,10H2,1-2H3. The molecule has 1 aromatic rings. The Bertz CT molecular complexity index is 365. The molecule has 0 bridgehead atoms. The Kier molecular flexibility index (Phi) is 4.26. The Labute approximate surface area is 103 Å². The minimum Gasteiger partial charge on any atom is -0.494 e. The van der Waals surface area contributed by atoms with Gasteiger partial charge in [-0.1, -0.05) is 13.8 Å². The molecule has 3 heteroatoms. The molecule has 1 N–H and O–H groups in total. The zero-order chi connectivity index (χ0) is 12.1. The lowest BCUT2D eigenvalue weighted by atomic mass is 10.1. The van der Waals surface area contributed by atoms with Gasteiger partial charge < -0.3 is 14.8 Å². The summed E-state index contributed by atoms with van der Waals surface area (Å²) in [5, 5.41) is 3.49. The molecular formula is C14H21NO2. The molecule has 1 aliphatic heterocycles. The van der Waals surface area contributed by atoms with Gasteiger partial charge in [-0.25, -0.2) is 0 Å². The van der Waals surface area contributed by atoms with Crippen LogP contribution in [0.3, 0.4) is 0 Å². The van der Waals surface area contributed by atoms with E-state index in [2.05, 4.69) is 25.2 Å². The van der Waals surface area contributed by atoms with E-state index in [9.17, 15) is 0 Å². The Morgan fingerprint density at radius 3 is 3.00 bits per heavy atom. The maximum atomic E-state index is 5.65. The molecule has 17 heavy (non-hydrogen) atoms. The van der Waals surface area contributed by atoms with Crippen LogP contribution in [-0.2, 0) is 0 Å². The second-order valence-electron chi connectivity index (χ2n) is 4.37. The Balaban J connectivity index is 2.07. The minimum atomic E-state index is 0.315. The zero-order valence-corrected chi connectivity index (χ0v) is 10.7. The van der Waals surface area contributed by atoms with Crippen LogP contribution in [0.1, 0.15) is 38.3 Å². The third-order valence-electron chi connectivity index (χ3n) is 2.88. The molecule has 0 saturated carbocycles. The fourth-order valence-electron chi connectivity index (χ4n) is 1.99. The highest BCUT2D eigenvalue weighted by Crippen LogP contribution is 2.35. The molecule has 0 amide bonds. The normalized spacial score (nSPS) is 17.6. The first-order valence-corrected chi connectivity index (χ1v) is 6.48. The number of benzene rings is 1. The van der Waals surface area contributed by atoms with Crippen molar-refractivity contribution in [2.75, 3.05) is 19.8 Å². The van der Waals surface area contributed by atoms with Gasteiger partial charge in [0.15, 0.2) is 0 Å². The fraction of sp³-hybridized carbons (Fsp3) is 0.571. The van der Waals surface area contributed by atoms with Gasteiger partial charge in [0.05, 0.1) is 12.6 Å².